The summed E-state index contributed by atoms with van der Waals surface area (Å²) in [7, 11) is 1.86. The van der Waals surface area contributed by atoms with Crippen molar-refractivity contribution in [2.75, 3.05) is 32.7 Å². The molecule has 0 bridgehead atoms. The van der Waals surface area contributed by atoms with Crippen molar-refractivity contribution in [1.29, 1.82) is 0 Å². The molecule has 2 N–H and O–H groups in total. The number of aryl methyl sites for hydroxylation is 1. The Morgan fingerprint density at radius 2 is 1.77 bits per heavy atom. The van der Waals surface area contributed by atoms with Gasteiger partial charge in [-0.3, -0.25) is 9.58 Å². The van der Waals surface area contributed by atoms with Gasteiger partial charge < -0.3 is 15.5 Å². The van der Waals surface area contributed by atoms with Crippen molar-refractivity contribution in [2.24, 2.45) is 7.05 Å². The summed E-state index contributed by atoms with van der Waals surface area (Å²) in [6, 6.07) is 1.85. The minimum Gasteiger partial charge on any atom is -0.675 e. The Morgan fingerprint density at radius 3 is 2.18 bits per heavy atom. The van der Waals surface area contributed by atoms with Crippen LogP contribution in [0.1, 0.15) is 26.5 Å². The average molecular weight is 387 g/mol. The maximum atomic E-state index is 8.55. The molecule has 7 nitrogen and oxygen atoms in total. The fourth-order valence-electron chi connectivity index (χ4n) is 2.16. The maximum Gasteiger partial charge on any atom is 0.274 e. The van der Waals surface area contributed by atoms with E-state index in [1.54, 1.807) is 10.7 Å². The molecule has 1 aliphatic heterocycles. The number of nitrogens with zero attached hydrogens (tertiary/aromatic N) is 4. The fraction of sp³-hybridized carbons (Fsp3) is 0.786. The third kappa shape index (κ3) is 7.99. The van der Waals surface area contributed by atoms with Gasteiger partial charge in [0.15, 0.2) is 0 Å². The first-order chi connectivity index (χ1) is 9.96. The fourth-order valence-corrected chi connectivity index (χ4v) is 2.16. The van der Waals surface area contributed by atoms with Crippen molar-refractivity contribution in [2.45, 2.75) is 33.4 Å². The maximum absolute atomic E-state index is 8.55. The third-order valence-corrected chi connectivity index (χ3v) is 3.35. The van der Waals surface area contributed by atoms with Gasteiger partial charge in [-0.25, -0.2) is 5.26 Å². The molecule has 8 heteroatoms. The first-order valence-corrected chi connectivity index (χ1v) is 7.46. The quantitative estimate of drug-likeness (QED) is 0.630. The van der Waals surface area contributed by atoms with Gasteiger partial charge in [-0.05, 0) is 6.54 Å². The van der Waals surface area contributed by atoms with Crippen LogP contribution in [0.4, 0.5) is 0 Å². The zero-order valence-electron chi connectivity index (χ0n) is 14.1. The normalized spacial score (nSPS) is 16.0. The summed E-state index contributed by atoms with van der Waals surface area (Å²) < 4.78 is 1.75. The van der Waals surface area contributed by atoms with Crippen LogP contribution in [0, 0.1) is 0 Å². The Kier molecular flexibility index (Phi) is 11.5. The Bertz CT molecular complexity index is 403. The van der Waals surface area contributed by atoms with Crippen LogP contribution in [-0.2, 0) is 46.3 Å². The average Bonchev–Trinajstić information content (AvgIpc) is 2.80. The van der Waals surface area contributed by atoms with Gasteiger partial charge in [-0.15, -0.1) is 11.1 Å². The van der Waals surface area contributed by atoms with Crippen LogP contribution in [0.5, 0.6) is 5.88 Å². The molecule has 1 aromatic heterocycles. The number of rotatable bonds is 4. The first-order valence-electron chi connectivity index (χ1n) is 7.46. The van der Waals surface area contributed by atoms with Gasteiger partial charge in [-0.1, -0.05) is 20.8 Å². The molecule has 0 saturated carbocycles. The molecule has 0 amide bonds. The molecule has 1 aliphatic rings. The Hall–Kier alpha value is -0.0461. The van der Waals surface area contributed by atoms with Crippen molar-refractivity contribution in [3.8, 4) is 5.88 Å². The van der Waals surface area contributed by atoms with Crippen LogP contribution in [0.2, 0.25) is 0 Å². The number of hydrogen-bond acceptors (Lipinski definition) is 5. The Balaban J connectivity index is 0.000000791. The van der Waals surface area contributed by atoms with Crippen molar-refractivity contribution in [3.63, 3.8) is 0 Å². The molecule has 125 valence electrons. The van der Waals surface area contributed by atoms with Gasteiger partial charge in [0, 0.05) is 78.5 Å². The van der Waals surface area contributed by atoms with Crippen LogP contribution in [0.25, 0.3) is 5.73 Å². The minimum atomic E-state index is 0. The summed E-state index contributed by atoms with van der Waals surface area (Å²) in [5.74, 6) is 0.259. The van der Waals surface area contributed by atoms with Crippen LogP contribution in [0.3, 0.4) is 0 Å². The second-order valence-electron chi connectivity index (χ2n) is 5.55. The van der Waals surface area contributed by atoms with E-state index in [1.165, 1.54) is 0 Å². The van der Waals surface area contributed by atoms with Gasteiger partial charge in [0.25, 0.3) is 5.88 Å². The molecule has 2 rings (SSSR count). The SMILES string of the molecule is CC(C)[NH-].CCN1CCN(Cc2cc(OO)nn2C)CC1.[Y]. The van der Waals surface area contributed by atoms with Gasteiger partial charge in [0.1, 0.15) is 0 Å². The van der Waals surface area contributed by atoms with Crippen molar-refractivity contribution < 1.29 is 42.9 Å². The van der Waals surface area contributed by atoms with E-state index in [1.807, 2.05) is 20.9 Å². The molecular formula is C14H28N5O2Y-. The largest absolute Gasteiger partial charge is 0.675 e. The Morgan fingerprint density at radius 1 is 1.27 bits per heavy atom. The molecule has 2 heterocycles. The van der Waals surface area contributed by atoms with Crippen LogP contribution < -0.4 is 4.89 Å². The van der Waals surface area contributed by atoms with Gasteiger partial charge >= 0.3 is 0 Å². The van der Waals surface area contributed by atoms with Crippen molar-refractivity contribution in [3.05, 3.63) is 17.5 Å². The molecule has 0 unspecified atom stereocenters. The van der Waals surface area contributed by atoms with E-state index in [9.17, 15) is 0 Å². The molecule has 1 fully saturated rings. The van der Waals surface area contributed by atoms with Crippen molar-refractivity contribution in [1.82, 2.24) is 19.6 Å². The summed E-state index contributed by atoms with van der Waals surface area (Å²) >= 11 is 0. The van der Waals surface area contributed by atoms with Gasteiger partial charge in [-0.2, -0.15) is 0 Å². The zero-order chi connectivity index (χ0) is 15.8. The van der Waals surface area contributed by atoms with Crippen LogP contribution >= 0.6 is 0 Å². The molecule has 0 aliphatic carbocycles. The molecule has 1 radical (unpaired) electrons. The van der Waals surface area contributed by atoms with E-state index < -0.39 is 0 Å². The van der Waals surface area contributed by atoms with E-state index in [-0.39, 0.29) is 44.6 Å². The summed E-state index contributed by atoms with van der Waals surface area (Å²) in [5.41, 5.74) is 7.64. The van der Waals surface area contributed by atoms with E-state index >= 15 is 0 Å². The molecule has 0 spiro atoms. The molecular weight excluding hydrogens is 359 g/mol. The van der Waals surface area contributed by atoms with Crippen molar-refractivity contribution >= 4 is 0 Å². The smallest absolute Gasteiger partial charge is 0.274 e. The Labute approximate surface area is 158 Å². The number of hydrogen-bond donors (Lipinski definition) is 1. The summed E-state index contributed by atoms with van der Waals surface area (Å²) in [6.07, 6.45) is 0. The second kappa shape index (κ2) is 11.5. The summed E-state index contributed by atoms with van der Waals surface area (Å²) in [6.45, 7) is 12.2. The van der Waals surface area contributed by atoms with E-state index in [4.69, 9.17) is 11.0 Å². The van der Waals surface area contributed by atoms with E-state index in [0.29, 0.717) is 0 Å². The number of piperazine rings is 1. The van der Waals surface area contributed by atoms with Gasteiger partial charge in [0.05, 0.1) is 5.69 Å². The first kappa shape index (κ1) is 22.0. The second-order valence-corrected chi connectivity index (χ2v) is 5.55. The molecule has 0 atom stereocenters. The number of likely N-dealkylation sites (N-methyl/N-ethyl adjacent to an activating group) is 1. The molecule has 1 saturated heterocycles. The number of aromatic nitrogens is 2. The molecule has 0 aromatic carbocycles. The zero-order valence-corrected chi connectivity index (χ0v) is 17.0. The topological polar surface area (TPSA) is 77.6 Å². The van der Waals surface area contributed by atoms with E-state index in [0.717, 1.165) is 45.0 Å². The monoisotopic (exact) mass is 387 g/mol. The van der Waals surface area contributed by atoms with Crippen LogP contribution in [-0.4, -0.2) is 63.6 Å². The van der Waals surface area contributed by atoms with Gasteiger partial charge in [0.2, 0.25) is 0 Å². The molecule has 22 heavy (non-hydrogen) atoms. The molecule has 1 aromatic rings. The summed E-state index contributed by atoms with van der Waals surface area (Å²) in [4.78, 5) is 8.98. The predicted octanol–water partition coefficient (Wildman–Crippen LogP) is 1.85. The van der Waals surface area contributed by atoms with Crippen LogP contribution in [0.15, 0.2) is 6.07 Å². The minimum absolute atomic E-state index is 0. The predicted molar refractivity (Wildman–Crippen MR) is 83.3 cm³/mol. The van der Waals surface area contributed by atoms with E-state index in [2.05, 4.69) is 26.7 Å². The number of nitrogens with one attached hydrogen (secondary N) is 1. The standard InChI is InChI=1S/C11H20N4O2.C3H8N.Y/c1-3-14-4-6-15(7-5-14)9-10-8-11(17-16)12-13(10)2;1-3(2)4;/h8,16H,3-7,9H2,1-2H3;3-4H,1-2H3;/q;-1;. The summed E-state index contributed by atoms with van der Waals surface area (Å²) in [5, 5.41) is 12.6. The third-order valence-electron chi connectivity index (χ3n) is 3.35.